The Hall–Kier alpha value is -1.40. The standard InChI is InChI=1S/C11H16ClN3O3/c1-3-4-8(7-18-2)13-11-9(15(16)17)5-6-10(12)14-11/h5-6,8H,3-4,7H2,1-2H3,(H,13,14). The molecule has 1 rings (SSSR count). The van der Waals surface area contributed by atoms with Gasteiger partial charge in [0.2, 0.25) is 5.82 Å². The highest BCUT2D eigenvalue weighted by atomic mass is 35.5. The van der Waals surface area contributed by atoms with Gasteiger partial charge >= 0.3 is 5.69 Å². The van der Waals surface area contributed by atoms with Gasteiger partial charge in [0.15, 0.2) is 0 Å². The Balaban J connectivity index is 2.92. The van der Waals surface area contributed by atoms with Crippen molar-refractivity contribution in [3.05, 3.63) is 27.4 Å². The van der Waals surface area contributed by atoms with Crippen LogP contribution in [0.4, 0.5) is 11.5 Å². The molecule has 0 aliphatic heterocycles. The molecule has 1 atom stereocenters. The number of hydrogen-bond acceptors (Lipinski definition) is 5. The van der Waals surface area contributed by atoms with Crippen LogP contribution in [-0.4, -0.2) is 29.7 Å². The van der Waals surface area contributed by atoms with Gasteiger partial charge in [-0.05, 0) is 12.5 Å². The smallest absolute Gasteiger partial charge is 0.311 e. The molecule has 1 aromatic rings. The van der Waals surface area contributed by atoms with Gasteiger partial charge in [0.05, 0.1) is 17.6 Å². The van der Waals surface area contributed by atoms with E-state index in [0.29, 0.717) is 6.61 Å². The number of halogens is 1. The second-order valence-electron chi connectivity index (χ2n) is 3.84. The molecule has 1 N–H and O–H groups in total. The molecule has 0 saturated carbocycles. The van der Waals surface area contributed by atoms with Crippen molar-refractivity contribution in [2.45, 2.75) is 25.8 Å². The van der Waals surface area contributed by atoms with Crippen molar-refractivity contribution < 1.29 is 9.66 Å². The number of hydrogen-bond donors (Lipinski definition) is 1. The fourth-order valence-corrected chi connectivity index (χ4v) is 1.77. The van der Waals surface area contributed by atoms with Gasteiger partial charge in [0, 0.05) is 13.2 Å². The first-order valence-corrected chi connectivity index (χ1v) is 6.02. The quantitative estimate of drug-likeness (QED) is 0.469. The maximum Gasteiger partial charge on any atom is 0.311 e. The number of rotatable bonds is 7. The third kappa shape index (κ3) is 4.12. The summed E-state index contributed by atoms with van der Waals surface area (Å²) in [7, 11) is 1.59. The van der Waals surface area contributed by atoms with E-state index < -0.39 is 4.92 Å². The predicted molar refractivity (Wildman–Crippen MR) is 70.1 cm³/mol. The van der Waals surface area contributed by atoms with Crippen molar-refractivity contribution in [3.8, 4) is 0 Å². The van der Waals surface area contributed by atoms with Gasteiger partial charge in [-0.1, -0.05) is 24.9 Å². The Bertz CT molecular complexity index is 409. The molecule has 0 amide bonds. The van der Waals surface area contributed by atoms with Crippen LogP contribution < -0.4 is 5.32 Å². The summed E-state index contributed by atoms with van der Waals surface area (Å²) in [6.07, 6.45) is 1.77. The Kier molecular flexibility index (Phi) is 5.80. The SMILES string of the molecule is CCCC(COC)Nc1nc(Cl)ccc1[N+](=O)[O-]. The van der Waals surface area contributed by atoms with Crippen LogP contribution >= 0.6 is 11.6 Å². The van der Waals surface area contributed by atoms with Crippen LogP contribution in [0.2, 0.25) is 5.15 Å². The second kappa shape index (κ2) is 7.13. The molecule has 0 spiro atoms. The van der Waals surface area contributed by atoms with Gasteiger partial charge in [-0.25, -0.2) is 4.98 Å². The number of nitrogens with zero attached hydrogens (tertiary/aromatic N) is 2. The lowest BCUT2D eigenvalue weighted by atomic mass is 10.2. The molecule has 6 nitrogen and oxygen atoms in total. The van der Waals surface area contributed by atoms with Gasteiger partial charge in [-0.15, -0.1) is 0 Å². The number of ether oxygens (including phenoxy) is 1. The van der Waals surface area contributed by atoms with Gasteiger partial charge in [0.1, 0.15) is 5.15 Å². The second-order valence-corrected chi connectivity index (χ2v) is 4.23. The van der Waals surface area contributed by atoms with Crippen LogP contribution in [0.1, 0.15) is 19.8 Å². The summed E-state index contributed by atoms with van der Waals surface area (Å²) in [5, 5.41) is 14.1. The molecule has 0 aromatic carbocycles. The van der Waals surface area contributed by atoms with Crippen LogP contribution in [0.15, 0.2) is 12.1 Å². The Morgan fingerprint density at radius 3 is 2.89 bits per heavy atom. The molecule has 0 bridgehead atoms. The third-order valence-corrected chi connectivity index (χ3v) is 2.59. The van der Waals surface area contributed by atoms with E-state index in [0.717, 1.165) is 12.8 Å². The molecule has 0 radical (unpaired) electrons. The molecule has 0 aliphatic rings. The van der Waals surface area contributed by atoms with Crippen molar-refractivity contribution >= 4 is 23.1 Å². The molecule has 0 saturated heterocycles. The highest BCUT2D eigenvalue weighted by Crippen LogP contribution is 2.25. The molecule has 0 fully saturated rings. The monoisotopic (exact) mass is 273 g/mol. The van der Waals surface area contributed by atoms with E-state index in [2.05, 4.69) is 10.3 Å². The minimum atomic E-state index is -0.485. The normalized spacial score (nSPS) is 12.2. The van der Waals surface area contributed by atoms with Crippen molar-refractivity contribution in [3.63, 3.8) is 0 Å². The number of pyridine rings is 1. The van der Waals surface area contributed by atoms with E-state index in [4.69, 9.17) is 16.3 Å². The molecule has 1 heterocycles. The van der Waals surface area contributed by atoms with Gasteiger partial charge in [-0.3, -0.25) is 10.1 Å². The minimum Gasteiger partial charge on any atom is -0.383 e. The summed E-state index contributed by atoms with van der Waals surface area (Å²) in [6, 6.07) is 2.72. The maximum atomic E-state index is 10.9. The fraction of sp³-hybridized carbons (Fsp3) is 0.545. The molecular formula is C11H16ClN3O3. The van der Waals surface area contributed by atoms with Crippen molar-refractivity contribution in [2.75, 3.05) is 19.0 Å². The molecule has 0 aliphatic carbocycles. The van der Waals surface area contributed by atoms with E-state index >= 15 is 0 Å². The van der Waals surface area contributed by atoms with Crippen LogP contribution in [0.25, 0.3) is 0 Å². The number of aromatic nitrogens is 1. The highest BCUT2D eigenvalue weighted by Gasteiger charge is 2.18. The summed E-state index contributed by atoms with van der Waals surface area (Å²) in [5.74, 6) is 0.183. The van der Waals surface area contributed by atoms with E-state index in [9.17, 15) is 10.1 Å². The Morgan fingerprint density at radius 2 is 2.33 bits per heavy atom. The molecule has 1 unspecified atom stereocenters. The van der Waals surface area contributed by atoms with E-state index in [1.807, 2.05) is 6.92 Å². The van der Waals surface area contributed by atoms with E-state index in [1.165, 1.54) is 12.1 Å². The summed E-state index contributed by atoms with van der Waals surface area (Å²) in [5.41, 5.74) is -0.0865. The number of methoxy groups -OCH3 is 1. The maximum absolute atomic E-state index is 10.9. The third-order valence-electron chi connectivity index (χ3n) is 2.38. The van der Waals surface area contributed by atoms with Crippen LogP contribution in [0, 0.1) is 10.1 Å². The highest BCUT2D eigenvalue weighted by molar-refractivity contribution is 6.29. The lowest BCUT2D eigenvalue weighted by Crippen LogP contribution is -2.25. The van der Waals surface area contributed by atoms with Crippen molar-refractivity contribution in [1.82, 2.24) is 4.98 Å². The number of nitrogens with one attached hydrogen (secondary N) is 1. The summed E-state index contributed by atoms with van der Waals surface area (Å²) in [4.78, 5) is 14.4. The fourth-order valence-electron chi connectivity index (χ4n) is 1.62. The average molecular weight is 274 g/mol. The summed E-state index contributed by atoms with van der Waals surface area (Å²) in [6.45, 7) is 2.49. The largest absolute Gasteiger partial charge is 0.383 e. The first-order chi connectivity index (χ1) is 8.58. The van der Waals surface area contributed by atoms with Gasteiger partial charge < -0.3 is 10.1 Å². The van der Waals surface area contributed by atoms with Crippen LogP contribution in [0.3, 0.4) is 0 Å². The molecular weight excluding hydrogens is 258 g/mol. The molecule has 7 heteroatoms. The zero-order valence-corrected chi connectivity index (χ0v) is 11.1. The topological polar surface area (TPSA) is 77.3 Å². The Morgan fingerprint density at radius 1 is 1.61 bits per heavy atom. The lowest BCUT2D eigenvalue weighted by molar-refractivity contribution is -0.384. The van der Waals surface area contributed by atoms with Crippen molar-refractivity contribution in [1.29, 1.82) is 0 Å². The first-order valence-electron chi connectivity index (χ1n) is 5.64. The number of nitro groups is 1. The van der Waals surface area contributed by atoms with Crippen LogP contribution in [0.5, 0.6) is 0 Å². The first kappa shape index (κ1) is 14.7. The summed E-state index contributed by atoms with van der Waals surface area (Å²) >= 11 is 5.75. The zero-order chi connectivity index (χ0) is 13.5. The Labute approximate surface area is 110 Å². The molecule has 18 heavy (non-hydrogen) atoms. The zero-order valence-electron chi connectivity index (χ0n) is 10.4. The van der Waals surface area contributed by atoms with Crippen LogP contribution in [-0.2, 0) is 4.74 Å². The summed E-state index contributed by atoms with van der Waals surface area (Å²) < 4.78 is 5.07. The van der Waals surface area contributed by atoms with Gasteiger partial charge in [-0.2, -0.15) is 0 Å². The van der Waals surface area contributed by atoms with Crippen molar-refractivity contribution in [2.24, 2.45) is 0 Å². The molecule has 100 valence electrons. The average Bonchev–Trinajstić information content (AvgIpc) is 2.29. The predicted octanol–water partition coefficient (Wildman–Crippen LogP) is 2.87. The number of anilines is 1. The molecule has 1 aromatic heterocycles. The van der Waals surface area contributed by atoms with Gasteiger partial charge in [0.25, 0.3) is 0 Å². The van der Waals surface area contributed by atoms with E-state index in [1.54, 1.807) is 7.11 Å². The minimum absolute atomic E-state index is 0.0235. The van der Waals surface area contributed by atoms with E-state index in [-0.39, 0.29) is 22.7 Å². The lowest BCUT2D eigenvalue weighted by Gasteiger charge is -2.17.